The Hall–Kier alpha value is -3.07. The van der Waals surface area contributed by atoms with Crippen LogP contribution in [0.5, 0.6) is 5.75 Å². The number of alkyl halides is 3. The lowest BCUT2D eigenvalue weighted by Crippen LogP contribution is -2.43. The summed E-state index contributed by atoms with van der Waals surface area (Å²) < 4.78 is 55.1. The summed E-state index contributed by atoms with van der Waals surface area (Å²) in [5.41, 5.74) is 1.83. The fourth-order valence-electron chi connectivity index (χ4n) is 4.51. The molecule has 168 valence electrons. The molecule has 0 bridgehead atoms. The lowest BCUT2D eigenvalue weighted by Gasteiger charge is -2.30. The van der Waals surface area contributed by atoms with Gasteiger partial charge in [-0.1, -0.05) is 18.2 Å². The average molecular weight is 445 g/mol. The highest BCUT2D eigenvalue weighted by atomic mass is 19.4. The summed E-state index contributed by atoms with van der Waals surface area (Å²) in [5.74, 6) is 0.764. The van der Waals surface area contributed by atoms with E-state index in [2.05, 4.69) is 14.9 Å². The van der Waals surface area contributed by atoms with Gasteiger partial charge in [-0.3, -0.25) is 0 Å². The Morgan fingerprint density at radius 2 is 2.06 bits per heavy atom. The van der Waals surface area contributed by atoms with Crippen LogP contribution in [0.2, 0.25) is 0 Å². The molecule has 3 aromatic rings. The van der Waals surface area contributed by atoms with Gasteiger partial charge in [-0.05, 0) is 24.6 Å². The molecule has 0 radical (unpaired) electrons. The predicted molar refractivity (Wildman–Crippen MR) is 114 cm³/mol. The van der Waals surface area contributed by atoms with E-state index >= 15 is 0 Å². The normalized spacial score (nSPS) is 23.6. The molecule has 5 rings (SSSR count). The van der Waals surface area contributed by atoms with Crippen molar-refractivity contribution < 1.29 is 27.2 Å². The van der Waals surface area contributed by atoms with Gasteiger partial charge in [0.05, 0.1) is 5.69 Å². The Morgan fingerprint density at radius 3 is 2.88 bits per heavy atom. The van der Waals surface area contributed by atoms with Crippen molar-refractivity contribution in [1.29, 1.82) is 0 Å². The number of methoxy groups -OCH3 is 1. The first kappa shape index (κ1) is 20.8. The number of para-hydroxylation sites is 1. The number of nitrogens with one attached hydrogen (secondary N) is 1. The molecule has 0 spiro atoms. The van der Waals surface area contributed by atoms with Crippen LogP contribution in [0.1, 0.15) is 30.1 Å². The van der Waals surface area contributed by atoms with Gasteiger partial charge in [0.15, 0.2) is 24.5 Å². The van der Waals surface area contributed by atoms with Gasteiger partial charge < -0.3 is 19.2 Å². The molecule has 32 heavy (non-hydrogen) atoms. The molecule has 9 heteroatoms. The number of hydrogen-bond acceptors (Lipinski definition) is 4. The van der Waals surface area contributed by atoms with Gasteiger partial charge in [0.25, 0.3) is 0 Å². The number of imidazole rings is 1. The molecule has 2 aliphatic rings. The van der Waals surface area contributed by atoms with Crippen LogP contribution in [-0.2, 0) is 10.9 Å². The first-order valence-electron chi connectivity index (χ1n) is 10.6. The number of benzene rings is 1. The molecule has 1 N–H and O–H groups in total. The minimum Gasteiger partial charge on any atom is -0.483 e. The largest absolute Gasteiger partial charge is 0.483 e. The van der Waals surface area contributed by atoms with Crippen molar-refractivity contribution in [3.8, 4) is 5.75 Å². The SMILES string of the molecule is CO[C@H]1CCC[N+](=C2COc3ccccc3[C@@H]2Nc2cccn3cc(C(F)(F)F)nc23)C1. The van der Waals surface area contributed by atoms with E-state index in [-0.39, 0.29) is 17.8 Å². The second kappa shape index (κ2) is 8.12. The van der Waals surface area contributed by atoms with Crippen molar-refractivity contribution in [2.24, 2.45) is 0 Å². The van der Waals surface area contributed by atoms with Gasteiger partial charge >= 0.3 is 6.18 Å². The van der Waals surface area contributed by atoms with Crippen LogP contribution in [0.4, 0.5) is 18.9 Å². The number of piperidine rings is 1. The highest BCUT2D eigenvalue weighted by Gasteiger charge is 2.37. The van der Waals surface area contributed by atoms with E-state index in [0.29, 0.717) is 12.3 Å². The Balaban J connectivity index is 1.58. The second-order valence-corrected chi connectivity index (χ2v) is 8.12. The summed E-state index contributed by atoms with van der Waals surface area (Å²) >= 11 is 0. The van der Waals surface area contributed by atoms with Gasteiger partial charge in [0.1, 0.15) is 24.4 Å². The van der Waals surface area contributed by atoms with Crippen LogP contribution >= 0.6 is 0 Å². The number of pyridine rings is 1. The van der Waals surface area contributed by atoms with Gasteiger partial charge in [-0.2, -0.15) is 13.2 Å². The van der Waals surface area contributed by atoms with Crippen LogP contribution in [0.15, 0.2) is 48.8 Å². The molecular weight excluding hydrogens is 421 g/mol. The first-order chi connectivity index (χ1) is 15.4. The fourth-order valence-corrected chi connectivity index (χ4v) is 4.51. The molecule has 0 amide bonds. The third kappa shape index (κ3) is 3.81. The third-order valence-electron chi connectivity index (χ3n) is 6.13. The summed E-state index contributed by atoms with van der Waals surface area (Å²) in [7, 11) is 1.72. The summed E-state index contributed by atoms with van der Waals surface area (Å²) in [5, 5.41) is 3.47. The molecule has 1 fully saturated rings. The zero-order valence-corrected chi connectivity index (χ0v) is 17.6. The van der Waals surface area contributed by atoms with E-state index in [4.69, 9.17) is 9.47 Å². The number of fused-ring (bicyclic) bond motifs is 2. The smallest absolute Gasteiger partial charge is 0.434 e. The molecule has 0 aliphatic carbocycles. The highest BCUT2D eigenvalue weighted by molar-refractivity contribution is 5.93. The molecule has 2 atom stereocenters. The molecule has 0 unspecified atom stereocenters. The van der Waals surface area contributed by atoms with Crippen molar-refractivity contribution in [3.05, 3.63) is 60.0 Å². The van der Waals surface area contributed by atoms with E-state index in [9.17, 15) is 13.2 Å². The number of rotatable bonds is 3. The third-order valence-corrected chi connectivity index (χ3v) is 6.13. The quantitative estimate of drug-likeness (QED) is 0.615. The molecule has 2 aromatic heterocycles. The minimum absolute atomic E-state index is 0.138. The summed E-state index contributed by atoms with van der Waals surface area (Å²) in [6.45, 7) is 2.03. The average Bonchev–Trinajstić information content (AvgIpc) is 3.25. The Labute approximate surface area is 183 Å². The van der Waals surface area contributed by atoms with Gasteiger partial charge in [0.2, 0.25) is 5.71 Å². The zero-order chi connectivity index (χ0) is 22.3. The topological polar surface area (TPSA) is 50.8 Å². The number of nitrogens with zero attached hydrogens (tertiary/aromatic N) is 3. The van der Waals surface area contributed by atoms with Crippen LogP contribution < -0.4 is 10.1 Å². The first-order valence-corrected chi connectivity index (χ1v) is 10.6. The maximum atomic E-state index is 13.3. The molecule has 2 aliphatic heterocycles. The number of aromatic nitrogens is 2. The lowest BCUT2D eigenvalue weighted by atomic mass is 9.97. The number of halogens is 3. The molecule has 1 aromatic carbocycles. The Morgan fingerprint density at radius 1 is 1.22 bits per heavy atom. The summed E-state index contributed by atoms with van der Waals surface area (Å²) in [4.78, 5) is 3.87. The maximum absolute atomic E-state index is 13.3. The van der Waals surface area contributed by atoms with Crippen LogP contribution in [0.25, 0.3) is 5.65 Å². The van der Waals surface area contributed by atoms with Gasteiger partial charge in [-0.25, -0.2) is 9.56 Å². The van der Waals surface area contributed by atoms with Gasteiger partial charge in [-0.15, -0.1) is 0 Å². The highest BCUT2D eigenvalue weighted by Crippen LogP contribution is 2.35. The lowest BCUT2D eigenvalue weighted by molar-refractivity contribution is -0.550. The van der Waals surface area contributed by atoms with Crippen LogP contribution in [0, 0.1) is 0 Å². The van der Waals surface area contributed by atoms with E-state index in [0.717, 1.165) is 49.2 Å². The van der Waals surface area contributed by atoms with E-state index in [1.165, 1.54) is 4.40 Å². The molecular formula is C23H24F3N4O2+. The van der Waals surface area contributed by atoms with Crippen molar-refractivity contribution in [2.75, 3.05) is 32.1 Å². The van der Waals surface area contributed by atoms with Crippen molar-refractivity contribution in [2.45, 2.75) is 31.2 Å². The monoisotopic (exact) mass is 445 g/mol. The van der Waals surface area contributed by atoms with Crippen LogP contribution in [0.3, 0.4) is 0 Å². The summed E-state index contributed by atoms with van der Waals surface area (Å²) in [6.07, 6.45) is 0.217. The van der Waals surface area contributed by atoms with E-state index in [1.807, 2.05) is 24.3 Å². The van der Waals surface area contributed by atoms with E-state index < -0.39 is 11.9 Å². The van der Waals surface area contributed by atoms with Gasteiger partial charge in [0, 0.05) is 31.5 Å². The van der Waals surface area contributed by atoms with E-state index in [1.54, 1.807) is 25.4 Å². The Bertz CT molecular complexity index is 1170. The van der Waals surface area contributed by atoms with Crippen molar-refractivity contribution in [1.82, 2.24) is 9.38 Å². The Kier molecular flexibility index (Phi) is 5.28. The van der Waals surface area contributed by atoms with Crippen molar-refractivity contribution >= 4 is 17.0 Å². The minimum atomic E-state index is -4.51. The fraction of sp³-hybridized carbons (Fsp3) is 0.391. The molecule has 4 heterocycles. The summed E-state index contributed by atoms with van der Waals surface area (Å²) in [6, 6.07) is 11.0. The number of ether oxygens (including phenoxy) is 2. The van der Waals surface area contributed by atoms with Crippen LogP contribution in [-0.4, -0.2) is 52.6 Å². The number of anilines is 1. The molecule has 0 saturated carbocycles. The zero-order valence-electron chi connectivity index (χ0n) is 17.6. The van der Waals surface area contributed by atoms with Crippen molar-refractivity contribution in [3.63, 3.8) is 0 Å². The maximum Gasteiger partial charge on any atom is 0.434 e. The number of hydrogen-bond donors (Lipinski definition) is 1. The standard InChI is InChI=1S/C23H24F3N4O2/c1-31-15-6-4-10-29(12-15)18-14-32-19-9-3-2-7-16(19)21(18)27-17-8-5-11-30-13-20(23(24,25)26)28-22(17)30/h2-3,5,7-9,11,13,15,21,27H,4,6,10,12,14H2,1H3/q+1/t15-,21-/m0/s1. The second-order valence-electron chi connectivity index (χ2n) is 8.12. The molecule has 6 nitrogen and oxygen atoms in total. The predicted octanol–water partition coefficient (Wildman–Crippen LogP) is 4.16. The molecule has 1 saturated heterocycles.